The molecule has 0 amide bonds. The van der Waals surface area contributed by atoms with Gasteiger partial charge in [0.2, 0.25) is 0 Å². The fourth-order valence-electron chi connectivity index (χ4n) is 2.50. The molecule has 3 aromatic heterocycles. The zero-order valence-electron chi connectivity index (χ0n) is 14.1. The summed E-state index contributed by atoms with van der Waals surface area (Å²) in [7, 11) is -1.64. The van der Waals surface area contributed by atoms with Gasteiger partial charge in [-0.3, -0.25) is 4.72 Å². The van der Waals surface area contributed by atoms with Gasteiger partial charge in [0.25, 0.3) is 0 Å². The summed E-state index contributed by atoms with van der Waals surface area (Å²) < 4.78 is 29.9. The van der Waals surface area contributed by atoms with Crippen LogP contribution in [0.2, 0.25) is 5.15 Å². The molecule has 28 heavy (non-hydrogen) atoms. The smallest absolute Gasteiger partial charge is 0.154 e. The van der Waals surface area contributed by atoms with Crippen LogP contribution in [0.15, 0.2) is 59.8 Å². The monoisotopic (exact) mass is 411 g/mol. The van der Waals surface area contributed by atoms with Gasteiger partial charge in [0, 0.05) is 11.8 Å². The molecule has 0 radical (unpaired) electrons. The SMILES string of the molecule is C#Cc1cnc2ccc(-c3cnc(Cl)c(NS(=O)c4ccc(F)cc4)c3)nn12. The third kappa shape index (κ3) is 3.45. The lowest BCUT2D eigenvalue weighted by molar-refractivity contribution is 0.626. The van der Waals surface area contributed by atoms with Gasteiger partial charge in [0.05, 0.1) is 22.5 Å². The third-order valence-electron chi connectivity index (χ3n) is 3.88. The minimum atomic E-state index is -1.64. The molecule has 4 rings (SSSR count). The first-order chi connectivity index (χ1) is 13.5. The number of nitrogens with one attached hydrogen (secondary N) is 1. The normalized spacial score (nSPS) is 11.9. The number of rotatable bonds is 4. The van der Waals surface area contributed by atoms with Crippen molar-refractivity contribution < 1.29 is 8.60 Å². The van der Waals surface area contributed by atoms with E-state index in [0.717, 1.165) is 0 Å². The number of pyridine rings is 1. The van der Waals surface area contributed by atoms with E-state index in [1.54, 1.807) is 35.1 Å². The molecule has 4 aromatic rings. The van der Waals surface area contributed by atoms with Gasteiger partial charge in [0.1, 0.15) is 22.5 Å². The van der Waals surface area contributed by atoms with Crippen LogP contribution in [-0.4, -0.2) is 23.8 Å². The molecule has 1 aromatic carbocycles. The molecule has 0 aliphatic heterocycles. The summed E-state index contributed by atoms with van der Waals surface area (Å²) in [5.74, 6) is 2.11. The second kappa shape index (κ2) is 7.38. The van der Waals surface area contributed by atoms with Gasteiger partial charge < -0.3 is 0 Å². The predicted octanol–water partition coefficient (Wildman–Crippen LogP) is 3.70. The Kier molecular flexibility index (Phi) is 4.77. The van der Waals surface area contributed by atoms with Crippen LogP contribution in [0.4, 0.5) is 10.1 Å². The first-order valence-electron chi connectivity index (χ1n) is 7.96. The summed E-state index contributed by atoms with van der Waals surface area (Å²) in [4.78, 5) is 8.71. The summed E-state index contributed by atoms with van der Waals surface area (Å²) >= 11 is 6.14. The van der Waals surface area contributed by atoms with Crippen molar-refractivity contribution in [2.45, 2.75) is 4.90 Å². The molecule has 1 atom stereocenters. The van der Waals surface area contributed by atoms with E-state index in [9.17, 15) is 8.60 Å². The van der Waals surface area contributed by atoms with Crippen LogP contribution in [0.1, 0.15) is 5.69 Å². The molecular weight excluding hydrogens is 401 g/mol. The molecule has 9 heteroatoms. The van der Waals surface area contributed by atoms with Crippen LogP contribution in [0.5, 0.6) is 0 Å². The van der Waals surface area contributed by atoms with Crippen LogP contribution in [0.3, 0.4) is 0 Å². The van der Waals surface area contributed by atoms with E-state index in [0.29, 0.717) is 33.2 Å². The Morgan fingerprint density at radius 1 is 1.14 bits per heavy atom. The number of imidazole rings is 1. The molecule has 3 heterocycles. The lowest BCUT2D eigenvalue weighted by Crippen LogP contribution is -2.06. The second-order valence-corrected chi connectivity index (χ2v) is 7.23. The first-order valence-corrected chi connectivity index (χ1v) is 9.49. The highest BCUT2D eigenvalue weighted by Gasteiger charge is 2.12. The van der Waals surface area contributed by atoms with E-state index < -0.39 is 16.8 Å². The molecule has 6 nitrogen and oxygen atoms in total. The number of terminal acetylenes is 1. The highest BCUT2D eigenvalue weighted by atomic mass is 35.5. The molecule has 0 fully saturated rings. The van der Waals surface area contributed by atoms with E-state index in [1.807, 2.05) is 0 Å². The van der Waals surface area contributed by atoms with Gasteiger partial charge in [-0.05, 0) is 48.4 Å². The summed E-state index contributed by atoms with van der Waals surface area (Å²) in [5, 5.41) is 4.62. The molecule has 1 N–H and O–H groups in total. The Morgan fingerprint density at radius 2 is 1.93 bits per heavy atom. The fraction of sp³-hybridized carbons (Fsp3) is 0. The number of hydrogen-bond donors (Lipinski definition) is 1. The topological polar surface area (TPSA) is 72.2 Å². The van der Waals surface area contributed by atoms with Crippen LogP contribution < -0.4 is 4.72 Å². The molecule has 1 unspecified atom stereocenters. The Balaban J connectivity index is 1.68. The van der Waals surface area contributed by atoms with Crippen LogP contribution >= 0.6 is 11.6 Å². The van der Waals surface area contributed by atoms with Crippen LogP contribution in [0, 0.1) is 18.2 Å². The standard InChI is InChI=1S/C19H11ClFN5OS/c1-2-14-11-22-18-8-7-16(24-26(14)18)12-9-17(19(20)23-10-12)25-28(27)15-5-3-13(21)4-6-15/h1,3-11,25H. The van der Waals surface area contributed by atoms with E-state index in [1.165, 1.54) is 24.3 Å². The highest BCUT2D eigenvalue weighted by molar-refractivity contribution is 7.86. The molecule has 0 spiro atoms. The maximum atomic E-state index is 13.0. The largest absolute Gasteiger partial charge is 0.298 e. The highest BCUT2D eigenvalue weighted by Crippen LogP contribution is 2.27. The van der Waals surface area contributed by atoms with Gasteiger partial charge >= 0.3 is 0 Å². The Morgan fingerprint density at radius 3 is 2.68 bits per heavy atom. The average molecular weight is 412 g/mol. The number of nitrogens with zero attached hydrogens (tertiary/aromatic N) is 4. The average Bonchev–Trinajstić information content (AvgIpc) is 3.12. The molecular formula is C19H11ClFN5OS. The van der Waals surface area contributed by atoms with Crippen molar-refractivity contribution in [1.29, 1.82) is 0 Å². The summed E-state index contributed by atoms with van der Waals surface area (Å²) in [5.41, 5.74) is 2.72. The maximum absolute atomic E-state index is 13.0. The number of fused-ring (bicyclic) bond motifs is 1. The number of halogens is 2. The minimum Gasteiger partial charge on any atom is -0.298 e. The zero-order valence-corrected chi connectivity index (χ0v) is 15.7. The fourth-order valence-corrected chi connectivity index (χ4v) is 3.57. The number of hydrogen-bond acceptors (Lipinski definition) is 4. The van der Waals surface area contributed by atoms with E-state index in [-0.39, 0.29) is 5.15 Å². The quantitative estimate of drug-likeness (QED) is 0.410. The molecule has 0 bridgehead atoms. The summed E-state index contributed by atoms with van der Waals surface area (Å²) in [6, 6.07) is 10.6. The van der Waals surface area contributed by atoms with Crippen LogP contribution in [0.25, 0.3) is 16.9 Å². The minimum absolute atomic E-state index is 0.146. The van der Waals surface area contributed by atoms with E-state index in [4.69, 9.17) is 18.0 Å². The van der Waals surface area contributed by atoms with Crippen molar-refractivity contribution in [3.8, 4) is 23.6 Å². The number of aromatic nitrogens is 4. The van der Waals surface area contributed by atoms with Gasteiger partial charge in [0.15, 0.2) is 10.8 Å². The predicted molar refractivity (Wildman–Crippen MR) is 106 cm³/mol. The van der Waals surface area contributed by atoms with Crippen molar-refractivity contribution in [2.75, 3.05) is 4.72 Å². The first kappa shape index (κ1) is 18.1. The van der Waals surface area contributed by atoms with Gasteiger partial charge in [-0.1, -0.05) is 11.6 Å². The molecule has 0 aliphatic carbocycles. The maximum Gasteiger partial charge on any atom is 0.154 e. The lowest BCUT2D eigenvalue weighted by atomic mass is 10.2. The third-order valence-corrected chi connectivity index (χ3v) is 5.28. The van der Waals surface area contributed by atoms with Crippen LogP contribution in [-0.2, 0) is 11.0 Å². The Bertz CT molecular complexity index is 1250. The molecule has 0 aliphatic rings. The molecule has 0 saturated heterocycles. The lowest BCUT2D eigenvalue weighted by Gasteiger charge is -2.09. The van der Waals surface area contributed by atoms with Crippen molar-refractivity contribution in [2.24, 2.45) is 0 Å². The zero-order chi connectivity index (χ0) is 19.7. The number of anilines is 1. The van der Waals surface area contributed by atoms with Gasteiger partial charge in [-0.2, -0.15) is 5.10 Å². The summed E-state index contributed by atoms with van der Waals surface area (Å²) in [6.07, 6.45) is 8.58. The molecule has 138 valence electrons. The van der Waals surface area contributed by atoms with Crippen molar-refractivity contribution in [3.05, 3.63) is 71.5 Å². The van der Waals surface area contributed by atoms with Crippen molar-refractivity contribution in [1.82, 2.24) is 19.6 Å². The van der Waals surface area contributed by atoms with Crippen molar-refractivity contribution in [3.63, 3.8) is 0 Å². The number of benzene rings is 1. The van der Waals surface area contributed by atoms with E-state index >= 15 is 0 Å². The van der Waals surface area contributed by atoms with Gasteiger partial charge in [-0.15, -0.1) is 6.42 Å². The van der Waals surface area contributed by atoms with Crippen molar-refractivity contribution >= 4 is 33.9 Å². The Hall–Kier alpha value is -3.28. The second-order valence-electron chi connectivity index (χ2n) is 5.66. The molecule has 0 saturated carbocycles. The van der Waals surface area contributed by atoms with Gasteiger partial charge in [-0.25, -0.2) is 23.1 Å². The Labute approximate surface area is 167 Å². The van der Waals surface area contributed by atoms with E-state index in [2.05, 4.69) is 25.7 Å². The summed E-state index contributed by atoms with van der Waals surface area (Å²) in [6.45, 7) is 0.